The zero-order valence-electron chi connectivity index (χ0n) is 12.4. The Balaban J connectivity index is 2.25. The van der Waals surface area contributed by atoms with Crippen molar-refractivity contribution in [1.29, 1.82) is 0 Å². The lowest BCUT2D eigenvalue weighted by Gasteiger charge is -2.23. The molecule has 1 fully saturated rings. The molecular weight excluding hydrogens is 274 g/mol. The van der Waals surface area contributed by atoms with E-state index in [0.29, 0.717) is 29.7 Å². The lowest BCUT2D eigenvalue weighted by Crippen LogP contribution is -2.35. The van der Waals surface area contributed by atoms with E-state index in [1.807, 2.05) is 13.8 Å². The highest BCUT2D eigenvalue weighted by Gasteiger charge is 2.37. The van der Waals surface area contributed by atoms with Crippen molar-refractivity contribution in [3.63, 3.8) is 0 Å². The van der Waals surface area contributed by atoms with Crippen LogP contribution in [0.3, 0.4) is 0 Å². The van der Waals surface area contributed by atoms with E-state index in [-0.39, 0.29) is 6.04 Å². The van der Waals surface area contributed by atoms with Crippen molar-refractivity contribution in [3.8, 4) is 5.75 Å². The topological polar surface area (TPSA) is 46.6 Å². The molecule has 1 saturated heterocycles. The molecule has 112 valence electrons. The number of rotatable bonds is 5. The number of benzene rings is 1. The highest BCUT2D eigenvalue weighted by molar-refractivity contribution is 7.89. The van der Waals surface area contributed by atoms with Crippen LogP contribution >= 0.6 is 0 Å². The van der Waals surface area contributed by atoms with Gasteiger partial charge in [0, 0.05) is 12.6 Å². The molecular formula is C15H23NO3S. The van der Waals surface area contributed by atoms with Crippen LogP contribution in [0.15, 0.2) is 29.2 Å². The Morgan fingerprint density at radius 2 is 1.90 bits per heavy atom. The van der Waals surface area contributed by atoms with Gasteiger partial charge >= 0.3 is 0 Å². The van der Waals surface area contributed by atoms with Gasteiger partial charge in [-0.25, -0.2) is 8.42 Å². The summed E-state index contributed by atoms with van der Waals surface area (Å²) < 4.78 is 32.4. The van der Waals surface area contributed by atoms with Gasteiger partial charge in [0.2, 0.25) is 10.0 Å². The van der Waals surface area contributed by atoms with Crippen LogP contribution in [-0.4, -0.2) is 31.9 Å². The molecule has 1 heterocycles. The molecule has 0 spiro atoms. The smallest absolute Gasteiger partial charge is 0.243 e. The minimum absolute atomic E-state index is 0.126. The third-order valence-electron chi connectivity index (χ3n) is 3.79. The minimum Gasteiger partial charge on any atom is -0.494 e. The molecule has 0 aromatic heterocycles. The SMILES string of the molecule is CCOc1ccc(S(=O)(=O)N2C[C@@H](C)C[C@@H]2CC)cc1. The molecule has 2 rings (SSSR count). The summed E-state index contributed by atoms with van der Waals surface area (Å²) in [6, 6.07) is 6.83. The first-order valence-corrected chi connectivity index (χ1v) is 8.67. The molecule has 4 nitrogen and oxygen atoms in total. The molecule has 0 bridgehead atoms. The van der Waals surface area contributed by atoms with Gasteiger partial charge in [0.1, 0.15) is 5.75 Å². The highest BCUT2D eigenvalue weighted by Crippen LogP contribution is 2.31. The fourth-order valence-corrected chi connectivity index (χ4v) is 4.62. The zero-order valence-corrected chi connectivity index (χ0v) is 13.2. The Bertz CT molecular complexity index is 539. The molecule has 0 saturated carbocycles. The molecule has 0 radical (unpaired) electrons. The largest absolute Gasteiger partial charge is 0.494 e. The van der Waals surface area contributed by atoms with E-state index in [4.69, 9.17) is 4.74 Å². The number of ether oxygens (including phenoxy) is 1. The first kappa shape index (κ1) is 15.3. The van der Waals surface area contributed by atoms with Crippen LogP contribution in [-0.2, 0) is 10.0 Å². The van der Waals surface area contributed by atoms with Crippen LogP contribution < -0.4 is 4.74 Å². The van der Waals surface area contributed by atoms with Crippen LogP contribution in [0.2, 0.25) is 0 Å². The van der Waals surface area contributed by atoms with Gasteiger partial charge in [-0.2, -0.15) is 4.31 Å². The van der Waals surface area contributed by atoms with Crippen molar-refractivity contribution in [2.24, 2.45) is 5.92 Å². The predicted octanol–water partition coefficient (Wildman–Crippen LogP) is 2.89. The first-order chi connectivity index (χ1) is 9.48. The maximum Gasteiger partial charge on any atom is 0.243 e. The first-order valence-electron chi connectivity index (χ1n) is 7.23. The number of hydrogen-bond acceptors (Lipinski definition) is 3. The predicted molar refractivity (Wildman–Crippen MR) is 79.4 cm³/mol. The summed E-state index contributed by atoms with van der Waals surface area (Å²) in [4.78, 5) is 0.355. The Hall–Kier alpha value is -1.07. The number of nitrogens with zero attached hydrogens (tertiary/aromatic N) is 1. The van der Waals surface area contributed by atoms with E-state index in [1.165, 1.54) is 0 Å². The van der Waals surface area contributed by atoms with Crippen molar-refractivity contribution in [3.05, 3.63) is 24.3 Å². The van der Waals surface area contributed by atoms with Crippen molar-refractivity contribution in [1.82, 2.24) is 4.31 Å². The third-order valence-corrected chi connectivity index (χ3v) is 5.72. The van der Waals surface area contributed by atoms with E-state index in [0.717, 1.165) is 12.8 Å². The van der Waals surface area contributed by atoms with Crippen LogP contribution in [0, 0.1) is 5.92 Å². The average Bonchev–Trinajstić information content (AvgIpc) is 2.82. The van der Waals surface area contributed by atoms with Gasteiger partial charge in [0.05, 0.1) is 11.5 Å². The van der Waals surface area contributed by atoms with Gasteiger partial charge in [-0.05, 0) is 49.9 Å². The van der Waals surface area contributed by atoms with Gasteiger partial charge in [0.25, 0.3) is 0 Å². The number of sulfonamides is 1. The monoisotopic (exact) mass is 297 g/mol. The lowest BCUT2D eigenvalue weighted by atomic mass is 10.1. The normalized spacial score (nSPS) is 23.9. The van der Waals surface area contributed by atoms with Crippen LogP contribution in [0.25, 0.3) is 0 Å². The summed E-state index contributed by atoms with van der Waals surface area (Å²) in [5, 5.41) is 0. The van der Waals surface area contributed by atoms with Gasteiger partial charge in [-0.1, -0.05) is 13.8 Å². The second kappa shape index (κ2) is 6.14. The van der Waals surface area contributed by atoms with E-state index in [2.05, 4.69) is 6.92 Å². The average molecular weight is 297 g/mol. The second-order valence-electron chi connectivity index (χ2n) is 5.38. The second-order valence-corrected chi connectivity index (χ2v) is 7.27. The summed E-state index contributed by atoms with van der Waals surface area (Å²) in [5.41, 5.74) is 0. The molecule has 0 N–H and O–H groups in total. The standard InChI is InChI=1S/C15H23NO3S/c1-4-13-10-12(3)11-16(13)20(17,18)15-8-6-14(7-9-15)19-5-2/h6-9,12-13H,4-5,10-11H2,1-3H3/t12-,13-/m0/s1. The van der Waals surface area contributed by atoms with E-state index < -0.39 is 10.0 Å². The van der Waals surface area contributed by atoms with Crippen LogP contribution in [0.4, 0.5) is 0 Å². The van der Waals surface area contributed by atoms with Gasteiger partial charge in [-0.15, -0.1) is 0 Å². The van der Waals surface area contributed by atoms with Crippen molar-refractivity contribution >= 4 is 10.0 Å². The minimum atomic E-state index is -3.39. The Morgan fingerprint density at radius 1 is 1.25 bits per heavy atom. The summed E-state index contributed by atoms with van der Waals surface area (Å²) >= 11 is 0. The van der Waals surface area contributed by atoms with Crippen molar-refractivity contribution in [2.75, 3.05) is 13.2 Å². The lowest BCUT2D eigenvalue weighted by molar-refractivity contribution is 0.340. The Labute approximate surface area is 121 Å². The molecule has 0 amide bonds. The van der Waals surface area contributed by atoms with Gasteiger partial charge in [-0.3, -0.25) is 0 Å². The van der Waals surface area contributed by atoms with E-state index in [1.54, 1.807) is 28.6 Å². The molecule has 0 aliphatic carbocycles. The van der Waals surface area contributed by atoms with Crippen molar-refractivity contribution in [2.45, 2.75) is 44.6 Å². The zero-order chi connectivity index (χ0) is 14.8. The van der Waals surface area contributed by atoms with E-state index in [9.17, 15) is 8.42 Å². The maximum atomic E-state index is 12.7. The molecule has 1 aliphatic rings. The van der Waals surface area contributed by atoms with Crippen molar-refractivity contribution < 1.29 is 13.2 Å². The summed E-state index contributed by atoms with van der Waals surface area (Å²) in [6.45, 7) is 7.25. The van der Waals surface area contributed by atoms with Gasteiger partial charge < -0.3 is 4.74 Å². The molecule has 20 heavy (non-hydrogen) atoms. The fraction of sp³-hybridized carbons (Fsp3) is 0.600. The molecule has 1 aromatic carbocycles. The summed E-state index contributed by atoms with van der Waals surface area (Å²) in [7, 11) is -3.39. The summed E-state index contributed by atoms with van der Waals surface area (Å²) in [6.07, 6.45) is 1.81. The van der Waals surface area contributed by atoms with E-state index >= 15 is 0 Å². The quantitative estimate of drug-likeness (QED) is 0.839. The Morgan fingerprint density at radius 3 is 2.45 bits per heavy atom. The van der Waals surface area contributed by atoms with Gasteiger partial charge in [0.15, 0.2) is 0 Å². The molecule has 1 aliphatic heterocycles. The number of hydrogen-bond donors (Lipinski definition) is 0. The molecule has 2 atom stereocenters. The maximum absolute atomic E-state index is 12.7. The molecule has 0 unspecified atom stereocenters. The fourth-order valence-electron chi connectivity index (χ4n) is 2.79. The van der Waals surface area contributed by atoms with Crippen LogP contribution in [0.5, 0.6) is 5.75 Å². The Kier molecular flexibility index (Phi) is 4.70. The molecule has 5 heteroatoms. The molecule has 1 aromatic rings. The highest BCUT2D eigenvalue weighted by atomic mass is 32.2. The summed E-state index contributed by atoms with van der Waals surface area (Å²) in [5.74, 6) is 1.13. The third kappa shape index (κ3) is 2.99. The van der Waals surface area contributed by atoms with Crippen LogP contribution in [0.1, 0.15) is 33.6 Å².